The van der Waals surface area contributed by atoms with Gasteiger partial charge < -0.3 is 21.1 Å². The van der Waals surface area contributed by atoms with E-state index in [0.29, 0.717) is 11.3 Å². The summed E-state index contributed by atoms with van der Waals surface area (Å²) in [7, 11) is 1.71. The van der Waals surface area contributed by atoms with Crippen molar-refractivity contribution in [3.05, 3.63) is 23.8 Å². The summed E-state index contributed by atoms with van der Waals surface area (Å²) in [6.45, 7) is 1.69. The molecule has 1 heterocycles. The highest BCUT2D eigenvalue weighted by atomic mass is 16.5. The number of nitrogen functional groups attached to an aromatic ring is 1. The molecule has 0 aromatic heterocycles. The molecule has 2 rings (SSSR count). The number of piperidine rings is 1. The van der Waals surface area contributed by atoms with Crippen molar-refractivity contribution in [3.8, 4) is 0 Å². The first-order valence-corrected chi connectivity index (χ1v) is 6.09. The second kappa shape index (κ2) is 5.27. The summed E-state index contributed by atoms with van der Waals surface area (Å²) in [5, 5.41) is 0. The average Bonchev–Trinajstić information content (AvgIpc) is 2.38. The highest BCUT2D eigenvalue weighted by Gasteiger charge is 2.22. The third-order valence-corrected chi connectivity index (χ3v) is 3.34. The lowest BCUT2D eigenvalue weighted by atomic mass is 10.0. The van der Waals surface area contributed by atoms with E-state index in [1.165, 1.54) is 0 Å². The van der Waals surface area contributed by atoms with E-state index in [2.05, 4.69) is 4.90 Å². The van der Waals surface area contributed by atoms with Crippen LogP contribution in [0, 0.1) is 0 Å². The van der Waals surface area contributed by atoms with Gasteiger partial charge in [0.05, 0.1) is 11.7 Å². The summed E-state index contributed by atoms with van der Waals surface area (Å²) >= 11 is 0. The van der Waals surface area contributed by atoms with Gasteiger partial charge in [0.1, 0.15) is 0 Å². The molecule has 1 atom stereocenters. The number of ether oxygens (including phenoxy) is 1. The highest BCUT2D eigenvalue weighted by molar-refractivity contribution is 5.99. The van der Waals surface area contributed by atoms with Crippen molar-refractivity contribution in [2.75, 3.05) is 30.8 Å². The molecule has 5 nitrogen and oxygen atoms in total. The first-order chi connectivity index (χ1) is 8.61. The van der Waals surface area contributed by atoms with E-state index in [0.717, 1.165) is 31.6 Å². The van der Waals surface area contributed by atoms with Crippen molar-refractivity contribution < 1.29 is 9.53 Å². The van der Waals surface area contributed by atoms with Crippen molar-refractivity contribution >= 4 is 17.3 Å². The van der Waals surface area contributed by atoms with Gasteiger partial charge in [-0.3, -0.25) is 4.79 Å². The third-order valence-electron chi connectivity index (χ3n) is 3.34. The molecule has 1 saturated heterocycles. The standard InChI is InChI=1S/C13H19N3O2/c1-18-10-3-2-6-16(8-10)12-5-4-9(14)7-11(12)13(15)17/h4-5,7,10H,2-3,6,8,14H2,1H3,(H2,15,17). The lowest BCUT2D eigenvalue weighted by Gasteiger charge is -2.34. The molecule has 4 N–H and O–H groups in total. The van der Waals surface area contributed by atoms with Crippen LogP contribution in [-0.2, 0) is 4.74 Å². The van der Waals surface area contributed by atoms with Gasteiger partial charge in [0, 0.05) is 31.6 Å². The smallest absolute Gasteiger partial charge is 0.250 e. The minimum atomic E-state index is -0.447. The molecular formula is C13H19N3O2. The summed E-state index contributed by atoms with van der Waals surface area (Å²) in [6, 6.07) is 5.28. The van der Waals surface area contributed by atoms with E-state index in [4.69, 9.17) is 16.2 Å². The van der Waals surface area contributed by atoms with Gasteiger partial charge in [0.15, 0.2) is 0 Å². The predicted octanol–water partition coefficient (Wildman–Crippen LogP) is 0.983. The topological polar surface area (TPSA) is 81.6 Å². The highest BCUT2D eigenvalue weighted by Crippen LogP contribution is 2.26. The van der Waals surface area contributed by atoms with Crippen LogP contribution in [-0.4, -0.2) is 32.2 Å². The molecule has 1 aromatic rings. The Labute approximate surface area is 107 Å². The average molecular weight is 249 g/mol. The maximum Gasteiger partial charge on any atom is 0.250 e. The molecule has 1 unspecified atom stereocenters. The number of benzene rings is 1. The monoisotopic (exact) mass is 249 g/mol. The minimum absolute atomic E-state index is 0.206. The van der Waals surface area contributed by atoms with Gasteiger partial charge in [0.2, 0.25) is 0 Å². The van der Waals surface area contributed by atoms with Crippen molar-refractivity contribution in [1.82, 2.24) is 0 Å². The number of rotatable bonds is 3. The molecule has 5 heteroatoms. The molecule has 0 aliphatic carbocycles. The van der Waals surface area contributed by atoms with Gasteiger partial charge in [0.25, 0.3) is 5.91 Å². The molecule has 1 amide bonds. The van der Waals surface area contributed by atoms with Gasteiger partial charge in [-0.2, -0.15) is 0 Å². The Morgan fingerprint density at radius 1 is 1.50 bits per heavy atom. The van der Waals surface area contributed by atoms with E-state index in [9.17, 15) is 4.79 Å². The molecule has 18 heavy (non-hydrogen) atoms. The fraction of sp³-hybridized carbons (Fsp3) is 0.462. The summed E-state index contributed by atoms with van der Waals surface area (Å²) in [4.78, 5) is 13.6. The van der Waals surface area contributed by atoms with Crippen LogP contribution in [0.3, 0.4) is 0 Å². The molecule has 1 aliphatic heterocycles. The molecule has 1 aliphatic rings. The number of nitrogens with zero attached hydrogens (tertiary/aromatic N) is 1. The zero-order valence-electron chi connectivity index (χ0n) is 10.6. The van der Waals surface area contributed by atoms with E-state index < -0.39 is 5.91 Å². The number of primary amides is 1. The Morgan fingerprint density at radius 3 is 2.94 bits per heavy atom. The van der Waals surface area contributed by atoms with E-state index in [1.807, 2.05) is 6.07 Å². The van der Waals surface area contributed by atoms with Crippen LogP contribution in [0.25, 0.3) is 0 Å². The third kappa shape index (κ3) is 2.56. The van der Waals surface area contributed by atoms with Crippen LogP contribution in [0.2, 0.25) is 0 Å². The van der Waals surface area contributed by atoms with Gasteiger partial charge in [-0.1, -0.05) is 0 Å². The number of amides is 1. The lowest BCUT2D eigenvalue weighted by Crippen LogP contribution is -2.40. The number of methoxy groups -OCH3 is 1. The number of hydrogen-bond donors (Lipinski definition) is 2. The normalized spacial score (nSPS) is 19.8. The number of anilines is 2. The Morgan fingerprint density at radius 2 is 2.28 bits per heavy atom. The summed E-state index contributed by atoms with van der Waals surface area (Å²) in [5.41, 5.74) is 13.0. The van der Waals surface area contributed by atoms with Crippen LogP contribution in [0.15, 0.2) is 18.2 Å². The van der Waals surface area contributed by atoms with Crippen molar-refractivity contribution in [2.24, 2.45) is 5.73 Å². The molecule has 0 bridgehead atoms. The van der Waals surface area contributed by atoms with Crippen molar-refractivity contribution in [1.29, 1.82) is 0 Å². The zero-order valence-corrected chi connectivity index (χ0v) is 10.6. The number of hydrogen-bond acceptors (Lipinski definition) is 4. The Kier molecular flexibility index (Phi) is 3.72. The molecule has 1 aromatic carbocycles. The van der Waals surface area contributed by atoms with Crippen molar-refractivity contribution in [3.63, 3.8) is 0 Å². The van der Waals surface area contributed by atoms with Crippen LogP contribution in [0.5, 0.6) is 0 Å². The van der Waals surface area contributed by atoms with Crippen LogP contribution in [0.4, 0.5) is 11.4 Å². The van der Waals surface area contributed by atoms with Crippen molar-refractivity contribution in [2.45, 2.75) is 18.9 Å². The molecule has 0 saturated carbocycles. The molecule has 1 fully saturated rings. The fourth-order valence-electron chi connectivity index (χ4n) is 2.38. The van der Waals surface area contributed by atoms with Crippen LogP contribution >= 0.6 is 0 Å². The number of carbonyl (C=O) groups is 1. The van der Waals surface area contributed by atoms with Crippen LogP contribution in [0.1, 0.15) is 23.2 Å². The van der Waals surface area contributed by atoms with Gasteiger partial charge in [-0.05, 0) is 31.0 Å². The molecular weight excluding hydrogens is 230 g/mol. The maximum atomic E-state index is 11.5. The first-order valence-electron chi connectivity index (χ1n) is 6.09. The fourth-order valence-corrected chi connectivity index (χ4v) is 2.38. The largest absolute Gasteiger partial charge is 0.399 e. The van der Waals surface area contributed by atoms with Gasteiger partial charge >= 0.3 is 0 Å². The number of nitrogens with two attached hydrogens (primary N) is 2. The van der Waals surface area contributed by atoms with Crippen LogP contribution < -0.4 is 16.4 Å². The SMILES string of the molecule is COC1CCCN(c2ccc(N)cc2C(N)=O)C1. The summed E-state index contributed by atoms with van der Waals surface area (Å²) < 4.78 is 5.38. The quantitative estimate of drug-likeness (QED) is 0.782. The lowest BCUT2D eigenvalue weighted by molar-refractivity contribution is 0.0890. The molecule has 0 radical (unpaired) electrons. The minimum Gasteiger partial charge on any atom is -0.399 e. The number of carbonyl (C=O) groups excluding carboxylic acids is 1. The van der Waals surface area contributed by atoms with Gasteiger partial charge in [-0.25, -0.2) is 0 Å². The molecule has 0 spiro atoms. The second-order valence-corrected chi connectivity index (χ2v) is 4.59. The van der Waals surface area contributed by atoms with E-state index in [-0.39, 0.29) is 6.10 Å². The second-order valence-electron chi connectivity index (χ2n) is 4.59. The van der Waals surface area contributed by atoms with E-state index in [1.54, 1.807) is 19.2 Å². The Bertz CT molecular complexity index is 448. The van der Waals surface area contributed by atoms with Gasteiger partial charge in [-0.15, -0.1) is 0 Å². The predicted molar refractivity (Wildman–Crippen MR) is 71.6 cm³/mol. The maximum absolute atomic E-state index is 11.5. The molecule has 98 valence electrons. The summed E-state index contributed by atoms with van der Waals surface area (Å²) in [6.07, 6.45) is 2.30. The Hall–Kier alpha value is -1.75. The zero-order chi connectivity index (χ0) is 13.1. The summed E-state index contributed by atoms with van der Waals surface area (Å²) in [5.74, 6) is -0.447. The first kappa shape index (κ1) is 12.7. The Balaban J connectivity index is 2.29. The van der Waals surface area contributed by atoms with E-state index >= 15 is 0 Å².